The van der Waals surface area contributed by atoms with Crippen LogP contribution < -0.4 is 0 Å². The van der Waals surface area contributed by atoms with Crippen LogP contribution in [0, 0.1) is 0 Å². The summed E-state index contributed by atoms with van der Waals surface area (Å²) in [6.07, 6.45) is 6.08. The molecule has 0 saturated carbocycles. The highest BCUT2D eigenvalue weighted by Crippen LogP contribution is 2.20. The molecule has 0 spiro atoms. The van der Waals surface area contributed by atoms with Crippen LogP contribution in [0.5, 0.6) is 0 Å². The zero-order valence-corrected chi connectivity index (χ0v) is 17.5. The monoisotopic (exact) mass is 394 g/mol. The van der Waals surface area contributed by atoms with Gasteiger partial charge >= 0.3 is 11.9 Å². The molecular formula is C25H30O4. The van der Waals surface area contributed by atoms with E-state index in [0.717, 1.165) is 17.5 Å². The third kappa shape index (κ3) is 8.34. The Hall–Kier alpha value is -2.88. The number of benzene rings is 2. The molecule has 0 unspecified atom stereocenters. The molecule has 0 saturated heterocycles. The Morgan fingerprint density at radius 1 is 0.862 bits per heavy atom. The lowest BCUT2D eigenvalue weighted by Crippen LogP contribution is -2.25. The van der Waals surface area contributed by atoms with E-state index in [9.17, 15) is 9.59 Å². The average molecular weight is 395 g/mol. The summed E-state index contributed by atoms with van der Waals surface area (Å²) < 4.78 is 10.6. The maximum absolute atomic E-state index is 11.6. The summed E-state index contributed by atoms with van der Waals surface area (Å²) in [5, 5.41) is 0. The zero-order chi connectivity index (χ0) is 21.1. The van der Waals surface area contributed by atoms with Crippen LogP contribution in [0.25, 0.3) is 6.08 Å². The molecular weight excluding hydrogens is 364 g/mol. The molecule has 0 radical (unpaired) electrons. The number of rotatable bonds is 10. The third-order valence-electron chi connectivity index (χ3n) is 4.50. The maximum Gasteiger partial charge on any atom is 0.305 e. The lowest BCUT2D eigenvalue weighted by molar-refractivity contribution is -0.178. The van der Waals surface area contributed by atoms with Crippen molar-refractivity contribution >= 4 is 18.0 Å². The van der Waals surface area contributed by atoms with Crippen LogP contribution in [-0.2, 0) is 31.9 Å². The molecule has 4 heteroatoms. The first kappa shape index (κ1) is 22.4. The van der Waals surface area contributed by atoms with E-state index in [1.165, 1.54) is 38.7 Å². The van der Waals surface area contributed by atoms with E-state index in [4.69, 9.17) is 9.47 Å². The molecule has 2 rings (SSSR count). The molecule has 0 N–H and O–H groups in total. The van der Waals surface area contributed by atoms with E-state index in [-0.39, 0.29) is 0 Å². The van der Waals surface area contributed by atoms with Crippen molar-refractivity contribution < 1.29 is 19.1 Å². The number of aryl methyl sites for hydroxylation is 1. The molecule has 2 aromatic carbocycles. The highest BCUT2D eigenvalue weighted by Gasteiger charge is 2.21. The number of ether oxygens (including phenoxy) is 2. The molecule has 0 bridgehead atoms. The third-order valence-corrected chi connectivity index (χ3v) is 4.50. The van der Waals surface area contributed by atoms with E-state index >= 15 is 0 Å². The Labute approximate surface area is 173 Å². The van der Waals surface area contributed by atoms with Crippen molar-refractivity contribution in [2.75, 3.05) is 0 Å². The van der Waals surface area contributed by atoms with Gasteiger partial charge in [0.05, 0.1) is 0 Å². The van der Waals surface area contributed by atoms with Crippen LogP contribution in [0.4, 0.5) is 0 Å². The van der Waals surface area contributed by atoms with Crippen LogP contribution >= 0.6 is 0 Å². The molecule has 0 aliphatic heterocycles. The van der Waals surface area contributed by atoms with Crippen molar-refractivity contribution in [2.45, 2.75) is 59.2 Å². The molecule has 0 atom stereocenters. The van der Waals surface area contributed by atoms with Gasteiger partial charge in [0.1, 0.15) is 0 Å². The number of carbonyl (C=O) groups excluding carboxylic acids is 2. The van der Waals surface area contributed by atoms with Crippen LogP contribution in [0.2, 0.25) is 0 Å². The van der Waals surface area contributed by atoms with Crippen molar-refractivity contribution in [1.82, 2.24) is 0 Å². The summed E-state index contributed by atoms with van der Waals surface area (Å²) >= 11 is 0. The average Bonchev–Trinajstić information content (AvgIpc) is 2.68. The van der Waals surface area contributed by atoms with Crippen molar-refractivity contribution in [1.29, 1.82) is 0 Å². The minimum absolute atomic E-state index is 0.499. The Kier molecular flexibility index (Phi) is 9.16. The van der Waals surface area contributed by atoms with Gasteiger partial charge in [0.15, 0.2) is 0 Å². The van der Waals surface area contributed by atoms with Gasteiger partial charge in [-0.3, -0.25) is 9.59 Å². The Balaban J connectivity index is 2.29. The molecule has 4 nitrogen and oxygen atoms in total. The fraction of sp³-hybridized carbons (Fsp3) is 0.360. The van der Waals surface area contributed by atoms with Gasteiger partial charge in [-0.15, -0.1) is 0 Å². The fourth-order valence-corrected chi connectivity index (χ4v) is 3.08. The number of unbranched alkanes of at least 4 members (excludes halogenated alkanes) is 2. The van der Waals surface area contributed by atoms with Gasteiger partial charge in [-0.2, -0.15) is 0 Å². The standard InChI is InChI=1S/C25H30O4/c1-4-5-7-10-21-13-15-23(16-14-21)18-24(17-22-11-8-6-9-12-22)25(28-19(2)26)29-20(3)27/h6,8-9,11-16,18,25H,4-5,7,10,17H2,1-3H3. The second-order valence-electron chi connectivity index (χ2n) is 7.13. The molecule has 0 heterocycles. The zero-order valence-electron chi connectivity index (χ0n) is 17.5. The SMILES string of the molecule is CCCCCc1ccc(C=C(Cc2ccccc2)C(OC(C)=O)OC(C)=O)cc1. The van der Waals surface area contributed by atoms with Crippen LogP contribution in [-0.4, -0.2) is 18.2 Å². The fourth-order valence-electron chi connectivity index (χ4n) is 3.08. The minimum Gasteiger partial charge on any atom is -0.421 e. The lowest BCUT2D eigenvalue weighted by atomic mass is 10.0. The molecule has 154 valence electrons. The second kappa shape index (κ2) is 11.8. The van der Waals surface area contributed by atoms with Gasteiger partial charge in [0.2, 0.25) is 0 Å². The summed E-state index contributed by atoms with van der Waals surface area (Å²) in [7, 11) is 0. The van der Waals surface area contributed by atoms with Gasteiger partial charge < -0.3 is 9.47 Å². The van der Waals surface area contributed by atoms with Crippen LogP contribution in [0.1, 0.15) is 56.7 Å². The summed E-state index contributed by atoms with van der Waals surface area (Å²) in [4.78, 5) is 23.1. The second-order valence-corrected chi connectivity index (χ2v) is 7.13. The summed E-state index contributed by atoms with van der Waals surface area (Å²) in [5.74, 6) is -0.997. The molecule has 0 aliphatic carbocycles. The van der Waals surface area contributed by atoms with Crippen LogP contribution in [0.3, 0.4) is 0 Å². The first-order valence-electron chi connectivity index (χ1n) is 10.2. The normalized spacial score (nSPS) is 11.4. The van der Waals surface area contributed by atoms with Crippen LogP contribution in [0.15, 0.2) is 60.2 Å². The van der Waals surface area contributed by atoms with Gasteiger partial charge in [0, 0.05) is 25.8 Å². The number of carbonyl (C=O) groups is 2. The Morgan fingerprint density at radius 3 is 2.03 bits per heavy atom. The van der Waals surface area contributed by atoms with Gasteiger partial charge in [0.25, 0.3) is 6.29 Å². The number of esters is 2. The molecule has 29 heavy (non-hydrogen) atoms. The Morgan fingerprint density at radius 2 is 1.48 bits per heavy atom. The van der Waals surface area contributed by atoms with Gasteiger partial charge in [-0.25, -0.2) is 0 Å². The first-order chi connectivity index (χ1) is 14.0. The van der Waals surface area contributed by atoms with Crippen molar-refractivity contribution in [3.63, 3.8) is 0 Å². The van der Waals surface area contributed by atoms with Gasteiger partial charge in [-0.05, 0) is 35.6 Å². The number of hydrogen-bond donors (Lipinski definition) is 0. The lowest BCUT2D eigenvalue weighted by Gasteiger charge is -2.20. The van der Waals surface area contributed by atoms with Crippen molar-refractivity contribution in [3.05, 3.63) is 76.9 Å². The number of hydrogen-bond acceptors (Lipinski definition) is 4. The topological polar surface area (TPSA) is 52.6 Å². The summed E-state index contributed by atoms with van der Waals surface area (Å²) in [6, 6.07) is 18.2. The molecule has 0 aromatic heterocycles. The van der Waals surface area contributed by atoms with Crippen molar-refractivity contribution in [3.8, 4) is 0 Å². The predicted octanol–water partition coefficient (Wildman–Crippen LogP) is 5.50. The van der Waals surface area contributed by atoms with Gasteiger partial charge in [-0.1, -0.05) is 74.4 Å². The highest BCUT2D eigenvalue weighted by atomic mass is 16.7. The first-order valence-corrected chi connectivity index (χ1v) is 10.2. The van der Waals surface area contributed by atoms with E-state index in [1.54, 1.807) is 0 Å². The maximum atomic E-state index is 11.6. The summed E-state index contributed by atoms with van der Waals surface area (Å²) in [6.45, 7) is 4.81. The minimum atomic E-state index is -1.05. The molecule has 0 aliphatic rings. The Bertz CT molecular complexity index is 790. The van der Waals surface area contributed by atoms with E-state index < -0.39 is 18.2 Å². The molecule has 0 amide bonds. The molecule has 0 fully saturated rings. The largest absolute Gasteiger partial charge is 0.421 e. The predicted molar refractivity (Wildman–Crippen MR) is 115 cm³/mol. The van der Waals surface area contributed by atoms with E-state index in [2.05, 4.69) is 19.1 Å². The highest BCUT2D eigenvalue weighted by molar-refractivity contribution is 5.69. The molecule has 2 aromatic rings. The smallest absolute Gasteiger partial charge is 0.305 e. The summed E-state index contributed by atoms with van der Waals surface area (Å²) in [5.41, 5.74) is 4.02. The van der Waals surface area contributed by atoms with E-state index in [1.807, 2.05) is 48.5 Å². The quantitative estimate of drug-likeness (QED) is 0.303. The van der Waals surface area contributed by atoms with E-state index in [0.29, 0.717) is 12.0 Å². The van der Waals surface area contributed by atoms with Crippen molar-refractivity contribution in [2.24, 2.45) is 0 Å².